The lowest BCUT2D eigenvalue weighted by Crippen LogP contribution is -2.47. The normalized spacial score (nSPS) is 14.4. The Hall–Kier alpha value is -3.55. The first-order chi connectivity index (χ1) is 14.5. The Morgan fingerprint density at radius 1 is 1.33 bits per heavy atom. The minimum atomic E-state index is -0.946. The molecule has 0 saturated carbocycles. The van der Waals surface area contributed by atoms with Crippen LogP contribution in [-0.2, 0) is 16.0 Å². The number of benzene rings is 1. The SMILES string of the molecule is CCC(Oc1ccc(-n2cc(C)cn2)cc1F)C(=O)N1CC(=O)Cc2cccnc21. The van der Waals surface area contributed by atoms with Crippen molar-refractivity contribution in [2.75, 3.05) is 11.4 Å². The zero-order valence-corrected chi connectivity index (χ0v) is 16.7. The predicted molar refractivity (Wildman–Crippen MR) is 108 cm³/mol. The quantitative estimate of drug-likeness (QED) is 0.649. The van der Waals surface area contributed by atoms with Crippen molar-refractivity contribution in [3.63, 3.8) is 0 Å². The van der Waals surface area contributed by atoms with Gasteiger partial charge in [-0.3, -0.25) is 14.5 Å². The first-order valence-electron chi connectivity index (χ1n) is 9.71. The number of ether oxygens (including phenoxy) is 1. The van der Waals surface area contributed by atoms with Crippen LogP contribution in [0.15, 0.2) is 48.9 Å². The number of aryl methyl sites for hydroxylation is 1. The number of pyridine rings is 1. The molecule has 1 aliphatic heterocycles. The van der Waals surface area contributed by atoms with E-state index in [1.807, 2.05) is 6.92 Å². The van der Waals surface area contributed by atoms with Crippen molar-refractivity contribution in [2.24, 2.45) is 0 Å². The van der Waals surface area contributed by atoms with Crippen LogP contribution < -0.4 is 9.64 Å². The third-order valence-electron chi connectivity index (χ3n) is 4.92. The van der Waals surface area contributed by atoms with Gasteiger partial charge in [-0.25, -0.2) is 14.1 Å². The lowest BCUT2D eigenvalue weighted by molar-refractivity contribution is -0.127. The molecule has 1 aliphatic rings. The molecule has 0 fully saturated rings. The van der Waals surface area contributed by atoms with E-state index in [9.17, 15) is 14.0 Å². The van der Waals surface area contributed by atoms with E-state index < -0.39 is 17.8 Å². The second-order valence-corrected chi connectivity index (χ2v) is 7.22. The van der Waals surface area contributed by atoms with E-state index in [-0.39, 0.29) is 24.5 Å². The number of rotatable bonds is 5. The monoisotopic (exact) mass is 408 g/mol. The summed E-state index contributed by atoms with van der Waals surface area (Å²) < 4.78 is 22.0. The second-order valence-electron chi connectivity index (χ2n) is 7.22. The third-order valence-corrected chi connectivity index (χ3v) is 4.92. The van der Waals surface area contributed by atoms with Crippen LogP contribution in [0, 0.1) is 12.7 Å². The molecule has 1 atom stereocenters. The zero-order valence-electron chi connectivity index (χ0n) is 16.7. The number of anilines is 1. The molecule has 0 spiro atoms. The van der Waals surface area contributed by atoms with E-state index in [0.717, 1.165) is 5.56 Å². The van der Waals surface area contributed by atoms with Gasteiger partial charge < -0.3 is 4.74 Å². The Morgan fingerprint density at radius 2 is 2.17 bits per heavy atom. The van der Waals surface area contributed by atoms with Crippen LogP contribution in [0.2, 0.25) is 0 Å². The van der Waals surface area contributed by atoms with Gasteiger partial charge in [0.2, 0.25) is 0 Å². The highest BCUT2D eigenvalue weighted by Gasteiger charge is 2.33. The fourth-order valence-electron chi connectivity index (χ4n) is 3.43. The summed E-state index contributed by atoms with van der Waals surface area (Å²) in [6.07, 6.45) is 4.65. The maximum Gasteiger partial charge on any atom is 0.269 e. The summed E-state index contributed by atoms with van der Waals surface area (Å²) >= 11 is 0. The van der Waals surface area contributed by atoms with Crippen LogP contribution in [0.25, 0.3) is 5.69 Å². The van der Waals surface area contributed by atoms with Crippen LogP contribution >= 0.6 is 0 Å². The molecule has 0 saturated heterocycles. The van der Waals surface area contributed by atoms with Crippen LogP contribution in [0.3, 0.4) is 0 Å². The fraction of sp³-hybridized carbons (Fsp3) is 0.273. The number of nitrogens with zero attached hydrogens (tertiary/aromatic N) is 4. The summed E-state index contributed by atoms with van der Waals surface area (Å²) in [6, 6.07) is 7.96. The molecule has 1 unspecified atom stereocenters. The standard InChI is InChI=1S/C22H21FN4O3/c1-3-19(22(29)26-13-17(28)9-15-5-4-8-24-21(15)26)30-20-7-6-16(10-18(20)23)27-12-14(2)11-25-27/h4-8,10-12,19H,3,9,13H2,1-2H3. The number of hydrogen-bond acceptors (Lipinski definition) is 5. The molecule has 4 rings (SSSR count). The minimum absolute atomic E-state index is 0.0348. The first-order valence-corrected chi connectivity index (χ1v) is 9.71. The molecule has 8 heteroatoms. The van der Waals surface area contributed by atoms with Crippen molar-refractivity contribution < 1.29 is 18.7 Å². The molecule has 0 bridgehead atoms. The number of halogens is 1. The van der Waals surface area contributed by atoms with E-state index in [1.165, 1.54) is 17.0 Å². The summed E-state index contributed by atoms with van der Waals surface area (Å²) in [6.45, 7) is 3.60. The molecule has 154 valence electrons. The van der Waals surface area contributed by atoms with Crippen molar-refractivity contribution in [2.45, 2.75) is 32.8 Å². The smallest absolute Gasteiger partial charge is 0.269 e. The number of hydrogen-bond donors (Lipinski definition) is 0. The molecular formula is C22H21FN4O3. The Bertz CT molecular complexity index is 1110. The molecule has 0 radical (unpaired) electrons. The largest absolute Gasteiger partial charge is 0.478 e. The van der Waals surface area contributed by atoms with Crippen molar-refractivity contribution >= 4 is 17.5 Å². The van der Waals surface area contributed by atoms with Gasteiger partial charge in [0, 0.05) is 30.4 Å². The highest BCUT2D eigenvalue weighted by atomic mass is 19.1. The average Bonchev–Trinajstić information content (AvgIpc) is 3.18. The van der Waals surface area contributed by atoms with Crippen LogP contribution in [-0.4, -0.2) is 39.1 Å². The third kappa shape index (κ3) is 3.80. The zero-order chi connectivity index (χ0) is 21.3. The molecule has 3 aromatic rings. The van der Waals surface area contributed by atoms with Crippen molar-refractivity contribution in [1.29, 1.82) is 0 Å². The van der Waals surface area contributed by atoms with Crippen molar-refractivity contribution in [3.05, 3.63) is 65.9 Å². The summed E-state index contributed by atoms with van der Waals surface area (Å²) in [7, 11) is 0. The number of Topliss-reactive ketones (excluding diaryl/α,β-unsaturated/α-hetero) is 1. The van der Waals surface area contributed by atoms with Gasteiger partial charge in [0.15, 0.2) is 23.5 Å². The minimum Gasteiger partial charge on any atom is -0.478 e. The van der Waals surface area contributed by atoms with Gasteiger partial charge in [-0.15, -0.1) is 0 Å². The summed E-state index contributed by atoms with van der Waals surface area (Å²) in [5.74, 6) is -0.679. The predicted octanol–water partition coefficient (Wildman–Crippen LogP) is 3.03. The highest BCUT2D eigenvalue weighted by Crippen LogP contribution is 2.26. The molecule has 0 aliphatic carbocycles. The second kappa shape index (κ2) is 8.06. The molecule has 1 amide bonds. The Morgan fingerprint density at radius 3 is 2.87 bits per heavy atom. The van der Waals surface area contributed by atoms with E-state index in [0.29, 0.717) is 23.5 Å². The molecule has 1 aromatic carbocycles. The number of fused-ring (bicyclic) bond motifs is 1. The topological polar surface area (TPSA) is 77.3 Å². The Balaban J connectivity index is 1.56. The van der Waals surface area contributed by atoms with E-state index in [4.69, 9.17) is 4.74 Å². The van der Waals surface area contributed by atoms with E-state index in [1.54, 1.807) is 48.4 Å². The van der Waals surface area contributed by atoms with Crippen LogP contribution in [0.1, 0.15) is 24.5 Å². The fourth-order valence-corrected chi connectivity index (χ4v) is 3.43. The number of carbonyl (C=O) groups is 2. The number of amides is 1. The Labute approximate surface area is 173 Å². The van der Waals surface area contributed by atoms with Gasteiger partial charge in [0.25, 0.3) is 5.91 Å². The summed E-state index contributed by atoms with van der Waals surface area (Å²) in [5.41, 5.74) is 2.20. The van der Waals surface area contributed by atoms with Gasteiger partial charge in [-0.2, -0.15) is 5.10 Å². The molecule has 3 heterocycles. The van der Waals surface area contributed by atoms with E-state index in [2.05, 4.69) is 10.1 Å². The van der Waals surface area contributed by atoms with Crippen LogP contribution in [0.4, 0.5) is 10.2 Å². The highest BCUT2D eigenvalue weighted by molar-refractivity contribution is 6.04. The van der Waals surface area contributed by atoms with Crippen LogP contribution in [0.5, 0.6) is 5.75 Å². The molecular weight excluding hydrogens is 387 g/mol. The number of aromatic nitrogens is 3. The lowest BCUT2D eigenvalue weighted by Gasteiger charge is -2.30. The van der Waals surface area contributed by atoms with E-state index >= 15 is 0 Å². The molecule has 0 N–H and O–H groups in total. The van der Waals surface area contributed by atoms with Gasteiger partial charge in [0.1, 0.15) is 5.82 Å². The van der Waals surface area contributed by atoms with Crippen molar-refractivity contribution in [1.82, 2.24) is 14.8 Å². The number of carbonyl (C=O) groups excluding carboxylic acids is 2. The van der Waals surface area contributed by atoms with Gasteiger partial charge in [-0.1, -0.05) is 13.0 Å². The average molecular weight is 408 g/mol. The first kappa shape index (κ1) is 19.8. The molecule has 30 heavy (non-hydrogen) atoms. The maximum absolute atomic E-state index is 14.7. The lowest BCUT2D eigenvalue weighted by atomic mass is 10.0. The molecule has 7 nitrogen and oxygen atoms in total. The summed E-state index contributed by atoms with van der Waals surface area (Å²) in [4.78, 5) is 30.8. The van der Waals surface area contributed by atoms with Gasteiger partial charge >= 0.3 is 0 Å². The maximum atomic E-state index is 14.7. The van der Waals surface area contributed by atoms with Crippen molar-refractivity contribution in [3.8, 4) is 11.4 Å². The Kier molecular flexibility index (Phi) is 5.31. The number of ketones is 1. The van der Waals surface area contributed by atoms with Gasteiger partial charge in [0.05, 0.1) is 18.4 Å². The summed E-state index contributed by atoms with van der Waals surface area (Å²) in [5, 5.41) is 4.16. The molecule has 2 aromatic heterocycles. The van der Waals surface area contributed by atoms with Gasteiger partial charge in [-0.05, 0) is 37.1 Å².